The van der Waals surface area contributed by atoms with Crippen LogP contribution in [0.4, 0.5) is 0 Å². The molecule has 0 aliphatic heterocycles. The summed E-state index contributed by atoms with van der Waals surface area (Å²) in [6.45, 7) is 7.03. The van der Waals surface area contributed by atoms with Crippen molar-refractivity contribution in [2.24, 2.45) is 5.14 Å². The summed E-state index contributed by atoms with van der Waals surface area (Å²) < 4.78 is 36.4. The lowest BCUT2D eigenvalue weighted by Gasteiger charge is -2.19. The van der Waals surface area contributed by atoms with Crippen molar-refractivity contribution in [1.29, 1.82) is 0 Å². The summed E-state index contributed by atoms with van der Waals surface area (Å²) in [5.41, 5.74) is 3.51. The van der Waals surface area contributed by atoms with Gasteiger partial charge in [-0.25, -0.2) is 18.5 Å². The Labute approximate surface area is 191 Å². The van der Waals surface area contributed by atoms with E-state index in [2.05, 4.69) is 4.98 Å². The molecule has 33 heavy (non-hydrogen) atoms. The van der Waals surface area contributed by atoms with E-state index in [0.717, 1.165) is 11.1 Å². The smallest absolute Gasteiger partial charge is 0.259 e. The molecule has 0 bridgehead atoms. The minimum Gasteiger partial charge on any atom is -0.483 e. The van der Waals surface area contributed by atoms with Crippen LogP contribution in [0.1, 0.15) is 35.4 Å². The van der Waals surface area contributed by atoms with Crippen LogP contribution >= 0.6 is 0 Å². The van der Waals surface area contributed by atoms with Crippen molar-refractivity contribution in [3.63, 3.8) is 0 Å². The molecule has 0 radical (unpaired) electrons. The van der Waals surface area contributed by atoms with Gasteiger partial charge in [0.15, 0.2) is 11.2 Å². The molecule has 0 saturated carbocycles. The summed E-state index contributed by atoms with van der Waals surface area (Å²) >= 11 is 0. The topological polar surface area (TPSA) is 112 Å². The molecule has 0 aliphatic rings. The van der Waals surface area contributed by atoms with E-state index in [-0.39, 0.29) is 16.2 Å². The van der Waals surface area contributed by atoms with Crippen LogP contribution in [0.3, 0.4) is 0 Å². The van der Waals surface area contributed by atoms with Gasteiger partial charge in [-0.05, 0) is 57.5 Å². The van der Waals surface area contributed by atoms with E-state index in [0.29, 0.717) is 33.6 Å². The summed E-state index contributed by atoms with van der Waals surface area (Å²) in [4.78, 5) is 17.3. The van der Waals surface area contributed by atoms with Gasteiger partial charge in [0, 0.05) is 22.4 Å². The largest absolute Gasteiger partial charge is 0.483 e. The van der Waals surface area contributed by atoms with Crippen LogP contribution in [-0.2, 0) is 10.0 Å². The minimum absolute atomic E-state index is 0.0306. The normalized spacial score (nSPS) is 12.6. The van der Waals surface area contributed by atoms with Crippen LogP contribution in [0, 0.1) is 20.8 Å². The van der Waals surface area contributed by atoms with Crippen molar-refractivity contribution in [1.82, 2.24) is 4.98 Å². The third kappa shape index (κ3) is 4.40. The Morgan fingerprint density at radius 2 is 1.73 bits per heavy atom. The first kappa shape index (κ1) is 22.7. The van der Waals surface area contributed by atoms with E-state index in [1.807, 2.05) is 43.3 Å². The van der Waals surface area contributed by atoms with Gasteiger partial charge in [-0.1, -0.05) is 30.3 Å². The zero-order chi connectivity index (χ0) is 23.9. The number of aromatic nitrogens is 1. The highest BCUT2D eigenvalue weighted by atomic mass is 32.2. The SMILES string of the molecule is Cc1cc([C@@H](C)Oc2ccc(C)nc2S(N)(=O)=O)c2oc(-c3ccccc3)c(C)c(=O)c2c1. The number of ether oxygens (including phenoxy) is 1. The maximum Gasteiger partial charge on any atom is 0.259 e. The molecule has 0 unspecified atom stereocenters. The molecule has 1 atom stereocenters. The lowest BCUT2D eigenvalue weighted by Crippen LogP contribution is -2.17. The van der Waals surface area contributed by atoms with E-state index >= 15 is 0 Å². The zero-order valence-electron chi connectivity index (χ0n) is 18.7. The molecule has 4 rings (SSSR count). The van der Waals surface area contributed by atoms with Gasteiger partial charge in [0.25, 0.3) is 10.0 Å². The molecule has 2 aromatic heterocycles. The van der Waals surface area contributed by atoms with Gasteiger partial charge in [0.1, 0.15) is 17.4 Å². The third-order valence-corrected chi connectivity index (χ3v) is 6.24. The molecule has 0 spiro atoms. The molecule has 2 heterocycles. The van der Waals surface area contributed by atoms with E-state index in [1.165, 1.54) is 6.07 Å². The number of hydrogen-bond acceptors (Lipinski definition) is 6. The second-order valence-electron chi connectivity index (χ2n) is 8.04. The van der Waals surface area contributed by atoms with Crippen LogP contribution in [0.15, 0.2) is 68.8 Å². The number of benzene rings is 2. The molecule has 0 amide bonds. The maximum atomic E-state index is 13.2. The summed E-state index contributed by atoms with van der Waals surface area (Å²) in [5, 5.41) is 5.44. The first-order valence-corrected chi connectivity index (χ1v) is 11.9. The zero-order valence-corrected chi connectivity index (χ0v) is 19.6. The van der Waals surface area contributed by atoms with Crippen LogP contribution in [0.5, 0.6) is 5.75 Å². The molecule has 0 saturated heterocycles. The molecular weight excluding hydrogens is 440 g/mol. The predicted molar refractivity (Wildman–Crippen MR) is 127 cm³/mol. The summed E-state index contributed by atoms with van der Waals surface area (Å²) in [7, 11) is -4.10. The van der Waals surface area contributed by atoms with Crippen LogP contribution in [-0.4, -0.2) is 13.4 Å². The Hall–Kier alpha value is -3.49. The monoisotopic (exact) mass is 464 g/mol. The predicted octanol–water partition coefficient (Wildman–Crippen LogP) is 4.57. The fourth-order valence-electron chi connectivity index (χ4n) is 3.80. The number of hydrogen-bond donors (Lipinski definition) is 1. The van der Waals surface area contributed by atoms with Crippen molar-refractivity contribution in [3.8, 4) is 17.1 Å². The first-order chi connectivity index (χ1) is 15.6. The number of nitrogens with zero attached hydrogens (tertiary/aromatic N) is 1. The van der Waals surface area contributed by atoms with Crippen LogP contribution < -0.4 is 15.3 Å². The molecule has 2 aromatic carbocycles. The Morgan fingerprint density at radius 3 is 2.39 bits per heavy atom. The number of pyridine rings is 1. The lowest BCUT2D eigenvalue weighted by atomic mass is 10.00. The molecule has 0 aliphatic carbocycles. The number of fused-ring (bicyclic) bond motifs is 1. The van der Waals surface area contributed by atoms with E-state index in [4.69, 9.17) is 14.3 Å². The number of rotatable bonds is 5. The third-order valence-electron chi connectivity index (χ3n) is 5.40. The second kappa shape index (κ2) is 8.46. The fourth-order valence-corrected chi connectivity index (χ4v) is 4.47. The molecule has 8 heteroatoms. The Balaban J connectivity index is 1.90. The molecular formula is C25H24N2O5S. The van der Waals surface area contributed by atoms with Gasteiger partial charge in [-0.15, -0.1) is 0 Å². The van der Waals surface area contributed by atoms with Crippen molar-refractivity contribution in [3.05, 3.63) is 87.2 Å². The van der Waals surface area contributed by atoms with Gasteiger partial charge in [-0.2, -0.15) is 0 Å². The van der Waals surface area contributed by atoms with Gasteiger partial charge in [0.2, 0.25) is 5.03 Å². The Kier molecular flexibility index (Phi) is 5.82. The molecule has 2 N–H and O–H groups in total. The van der Waals surface area contributed by atoms with Crippen LogP contribution in [0.25, 0.3) is 22.3 Å². The van der Waals surface area contributed by atoms with E-state index in [9.17, 15) is 13.2 Å². The summed E-state index contributed by atoms with van der Waals surface area (Å²) in [5.74, 6) is 0.510. The highest BCUT2D eigenvalue weighted by Gasteiger charge is 2.23. The first-order valence-electron chi connectivity index (χ1n) is 10.4. The van der Waals surface area contributed by atoms with Gasteiger partial charge < -0.3 is 9.15 Å². The number of aryl methyl sites for hydroxylation is 2. The molecule has 4 aromatic rings. The van der Waals surface area contributed by atoms with Crippen molar-refractivity contribution in [2.75, 3.05) is 0 Å². The molecule has 7 nitrogen and oxygen atoms in total. The van der Waals surface area contributed by atoms with Gasteiger partial charge in [-0.3, -0.25) is 4.79 Å². The Morgan fingerprint density at radius 1 is 1.03 bits per heavy atom. The molecule has 0 fully saturated rings. The number of primary sulfonamides is 1. The minimum atomic E-state index is -4.10. The summed E-state index contributed by atoms with van der Waals surface area (Å²) in [6, 6.07) is 16.2. The lowest BCUT2D eigenvalue weighted by molar-refractivity contribution is 0.218. The number of sulfonamides is 1. The Bertz CT molecular complexity index is 1530. The highest BCUT2D eigenvalue weighted by Crippen LogP contribution is 2.33. The van der Waals surface area contributed by atoms with Crippen molar-refractivity contribution < 1.29 is 17.6 Å². The van der Waals surface area contributed by atoms with Gasteiger partial charge in [0.05, 0.1) is 5.39 Å². The highest BCUT2D eigenvalue weighted by molar-refractivity contribution is 7.89. The van der Waals surface area contributed by atoms with Crippen LogP contribution in [0.2, 0.25) is 0 Å². The fraction of sp³-hybridized carbons (Fsp3) is 0.200. The van der Waals surface area contributed by atoms with Gasteiger partial charge >= 0.3 is 0 Å². The summed E-state index contributed by atoms with van der Waals surface area (Å²) in [6.07, 6.45) is -0.660. The number of nitrogens with two attached hydrogens (primary N) is 1. The maximum absolute atomic E-state index is 13.2. The second-order valence-corrected chi connectivity index (χ2v) is 9.52. The van der Waals surface area contributed by atoms with Crippen molar-refractivity contribution >= 4 is 21.0 Å². The quantitative estimate of drug-likeness (QED) is 0.463. The van der Waals surface area contributed by atoms with E-state index in [1.54, 1.807) is 32.9 Å². The molecule has 170 valence electrons. The average Bonchev–Trinajstić information content (AvgIpc) is 2.77. The van der Waals surface area contributed by atoms with Crippen molar-refractivity contribution in [2.45, 2.75) is 38.8 Å². The standard InChI is InChI=1S/C25H24N2O5S/c1-14-12-19(17(4)31-21-11-10-15(2)27-25(21)33(26,29)30)24-20(13-14)22(28)16(3)23(32-24)18-8-6-5-7-9-18/h5-13,17H,1-4H3,(H2,26,29,30)/t17-/m1/s1. The average molecular weight is 465 g/mol. The van der Waals surface area contributed by atoms with E-state index < -0.39 is 16.1 Å².